The Kier molecular flexibility index (Phi) is 6.10. The minimum atomic E-state index is 0.169. The lowest BCUT2D eigenvalue weighted by Gasteiger charge is -2.35. The van der Waals surface area contributed by atoms with Crippen molar-refractivity contribution >= 4 is 27.5 Å². The minimum Gasteiger partial charge on any atom is -0.497 e. The molecule has 0 N–H and O–H groups in total. The third-order valence-electron chi connectivity index (χ3n) is 4.94. The number of piperazine rings is 1. The van der Waals surface area contributed by atoms with Crippen molar-refractivity contribution in [1.82, 2.24) is 4.98 Å². The maximum absolute atomic E-state index is 9.49. The van der Waals surface area contributed by atoms with Crippen LogP contribution in [0.25, 0.3) is 0 Å². The first-order chi connectivity index (χ1) is 14.7. The van der Waals surface area contributed by atoms with Crippen LogP contribution in [0.1, 0.15) is 11.6 Å². The quantitative estimate of drug-likeness (QED) is 0.535. The monoisotopic (exact) mass is 468 g/mol. The van der Waals surface area contributed by atoms with Crippen molar-refractivity contribution in [3.05, 3.63) is 64.6 Å². The fraction of sp³-hybridized carbons (Fsp3) is 0.273. The van der Waals surface area contributed by atoms with Crippen molar-refractivity contribution in [3.8, 4) is 17.6 Å². The second-order valence-corrected chi connectivity index (χ2v) is 7.70. The number of hydrogen-bond donors (Lipinski definition) is 0. The van der Waals surface area contributed by atoms with Gasteiger partial charge in [-0.1, -0.05) is 15.9 Å². The van der Waals surface area contributed by atoms with Gasteiger partial charge in [0.2, 0.25) is 17.5 Å². The Labute approximate surface area is 183 Å². The molecule has 154 valence electrons. The number of aromatic nitrogens is 1. The van der Waals surface area contributed by atoms with E-state index in [9.17, 15) is 5.26 Å². The molecule has 0 bridgehead atoms. The molecule has 2 aromatic carbocycles. The molecular weight excluding hydrogens is 448 g/mol. The summed E-state index contributed by atoms with van der Waals surface area (Å²) >= 11 is 3.40. The fourth-order valence-corrected chi connectivity index (χ4v) is 3.61. The lowest BCUT2D eigenvalue weighted by Crippen LogP contribution is -2.46. The number of nitrogens with zero attached hydrogens (tertiary/aromatic N) is 4. The standard InChI is InChI=1S/C22H21BrN4O3/c1-28-18-8-4-17(5-9-18)26-10-12-27(13-11-26)22-20(14-24)25-21(30-22)15-29-19-6-2-16(23)3-7-19/h2-9H,10-13,15H2,1H3. The van der Waals surface area contributed by atoms with E-state index in [2.05, 4.69) is 48.9 Å². The van der Waals surface area contributed by atoms with Gasteiger partial charge in [-0.2, -0.15) is 10.2 Å². The maximum Gasteiger partial charge on any atom is 0.236 e. The van der Waals surface area contributed by atoms with E-state index in [1.807, 2.05) is 36.4 Å². The van der Waals surface area contributed by atoms with E-state index in [4.69, 9.17) is 13.9 Å². The van der Waals surface area contributed by atoms with Crippen LogP contribution >= 0.6 is 15.9 Å². The second-order valence-electron chi connectivity index (χ2n) is 6.79. The molecule has 1 saturated heterocycles. The molecule has 0 atom stereocenters. The van der Waals surface area contributed by atoms with Crippen molar-refractivity contribution in [2.75, 3.05) is 43.1 Å². The topological polar surface area (TPSA) is 74.8 Å². The molecule has 1 aromatic heterocycles. The molecular formula is C22H21BrN4O3. The molecule has 0 radical (unpaired) electrons. The van der Waals surface area contributed by atoms with E-state index in [1.54, 1.807) is 7.11 Å². The Bertz CT molecular complexity index is 1020. The van der Waals surface area contributed by atoms with Crippen LogP contribution in [-0.2, 0) is 6.61 Å². The highest BCUT2D eigenvalue weighted by atomic mass is 79.9. The number of rotatable bonds is 6. The van der Waals surface area contributed by atoms with E-state index < -0.39 is 0 Å². The summed E-state index contributed by atoms with van der Waals surface area (Å²) < 4.78 is 17.8. The van der Waals surface area contributed by atoms with Crippen LogP contribution in [0.4, 0.5) is 11.6 Å². The molecule has 1 fully saturated rings. The van der Waals surface area contributed by atoms with Gasteiger partial charge in [0.1, 0.15) is 17.6 Å². The predicted octanol–water partition coefficient (Wildman–Crippen LogP) is 4.22. The Morgan fingerprint density at radius 3 is 2.27 bits per heavy atom. The number of benzene rings is 2. The average Bonchev–Trinajstić information content (AvgIpc) is 3.22. The summed E-state index contributed by atoms with van der Waals surface area (Å²) in [5.74, 6) is 2.46. The number of anilines is 2. The highest BCUT2D eigenvalue weighted by Crippen LogP contribution is 2.26. The lowest BCUT2D eigenvalue weighted by molar-refractivity contribution is 0.263. The van der Waals surface area contributed by atoms with Crippen molar-refractivity contribution in [3.63, 3.8) is 0 Å². The lowest BCUT2D eigenvalue weighted by atomic mass is 10.2. The van der Waals surface area contributed by atoms with Gasteiger partial charge in [-0.25, -0.2) is 0 Å². The Morgan fingerprint density at radius 2 is 1.63 bits per heavy atom. The minimum absolute atomic E-state index is 0.169. The zero-order valence-electron chi connectivity index (χ0n) is 16.5. The third-order valence-corrected chi connectivity index (χ3v) is 5.47. The predicted molar refractivity (Wildman–Crippen MR) is 117 cm³/mol. The molecule has 2 heterocycles. The highest BCUT2D eigenvalue weighted by Gasteiger charge is 2.24. The van der Waals surface area contributed by atoms with Crippen molar-refractivity contribution in [2.45, 2.75) is 6.61 Å². The average molecular weight is 469 g/mol. The summed E-state index contributed by atoms with van der Waals surface area (Å²) in [6.07, 6.45) is 0. The smallest absolute Gasteiger partial charge is 0.236 e. The van der Waals surface area contributed by atoms with Crippen molar-refractivity contribution in [1.29, 1.82) is 5.26 Å². The van der Waals surface area contributed by atoms with Crippen LogP contribution in [0, 0.1) is 11.3 Å². The van der Waals surface area contributed by atoms with Crippen LogP contribution < -0.4 is 19.3 Å². The van der Waals surface area contributed by atoms with Crippen LogP contribution in [0.2, 0.25) is 0 Å². The van der Waals surface area contributed by atoms with E-state index in [0.717, 1.165) is 42.1 Å². The van der Waals surface area contributed by atoms with E-state index in [-0.39, 0.29) is 6.61 Å². The van der Waals surface area contributed by atoms with Gasteiger partial charge < -0.3 is 23.7 Å². The van der Waals surface area contributed by atoms with E-state index in [0.29, 0.717) is 23.2 Å². The molecule has 30 heavy (non-hydrogen) atoms. The molecule has 0 amide bonds. The summed E-state index contributed by atoms with van der Waals surface area (Å²) in [7, 11) is 1.66. The number of oxazole rings is 1. The van der Waals surface area contributed by atoms with Gasteiger partial charge in [0, 0.05) is 36.3 Å². The van der Waals surface area contributed by atoms with E-state index in [1.165, 1.54) is 0 Å². The van der Waals surface area contributed by atoms with Crippen LogP contribution in [-0.4, -0.2) is 38.3 Å². The van der Waals surface area contributed by atoms with Gasteiger partial charge in [0.25, 0.3) is 0 Å². The molecule has 0 unspecified atom stereocenters. The zero-order chi connectivity index (χ0) is 20.9. The van der Waals surface area contributed by atoms with Crippen LogP contribution in [0.15, 0.2) is 57.4 Å². The first-order valence-corrected chi connectivity index (χ1v) is 10.4. The Balaban J connectivity index is 1.39. The van der Waals surface area contributed by atoms with E-state index >= 15 is 0 Å². The summed E-state index contributed by atoms with van der Waals surface area (Å²) in [6, 6.07) is 17.7. The van der Waals surface area contributed by atoms with Crippen LogP contribution in [0.3, 0.4) is 0 Å². The number of nitriles is 1. The number of ether oxygens (including phenoxy) is 2. The van der Waals surface area contributed by atoms with Gasteiger partial charge in [-0.3, -0.25) is 0 Å². The number of halogens is 1. The molecule has 4 rings (SSSR count). The molecule has 7 nitrogen and oxygen atoms in total. The van der Waals surface area contributed by atoms with Crippen molar-refractivity contribution < 1.29 is 13.9 Å². The normalized spacial score (nSPS) is 13.8. The summed E-state index contributed by atoms with van der Waals surface area (Å²) in [6.45, 7) is 3.29. The molecule has 0 aliphatic carbocycles. The molecule has 0 saturated carbocycles. The SMILES string of the molecule is COc1ccc(N2CCN(c3oc(COc4ccc(Br)cc4)nc3C#N)CC2)cc1. The van der Waals surface area contributed by atoms with Crippen molar-refractivity contribution in [2.24, 2.45) is 0 Å². The zero-order valence-corrected chi connectivity index (χ0v) is 18.1. The summed E-state index contributed by atoms with van der Waals surface area (Å²) in [5.41, 5.74) is 1.44. The fourth-order valence-electron chi connectivity index (χ4n) is 3.34. The maximum atomic E-state index is 9.49. The second kappa shape index (κ2) is 9.09. The molecule has 1 aliphatic rings. The molecule has 8 heteroatoms. The first-order valence-electron chi connectivity index (χ1n) is 9.58. The van der Waals surface area contributed by atoms with Gasteiger partial charge >= 0.3 is 0 Å². The number of methoxy groups -OCH3 is 1. The van der Waals surface area contributed by atoms with Gasteiger partial charge in [0.15, 0.2) is 6.61 Å². The molecule has 0 spiro atoms. The van der Waals surface area contributed by atoms with Crippen LogP contribution in [0.5, 0.6) is 11.5 Å². The first kappa shape index (κ1) is 20.1. The molecule has 1 aliphatic heterocycles. The largest absolute Gasteiger partial charge is 0.497 e. The van der Waals surface area contributed by atoms with Gasteiger partial charge in [-0.15, -0.1) is 0 Å². The highest BCUT2D eigenvalue weighted by molar-refractivity contribution is 9.10. The molecule has 3 aromatic rings. The Hall–Kier alpha value is -3.18. The summed E-state index contributed by atoms with van der Waals surface area (Å²) in [5, 5.41) is 9.49. The Morgan fingerprint density at radius 1 is 1.00 bits per heavy atom. The number of hydrogen-bond acceptors (Lipinski definition) is 7. The van der Waals surface area contributed by atoms with Gasteiger partial charge in [0.05, 0.1) is 7.11 Å². The third kappa shape index (κ3) is 4.52. The van der Waals surface area contributed by atoms with Gasteiger partial charge in [-0.05, 0) is 48.5 Å². The summed E-state index contributed by atoms with van der Waals surface area (Å²) in [4.78, 5) is 8.67.